The summed E-state index contributed by atoms with van der Waals surface area (Å²) in [7, 11) is 1.56. The Labute approximate surface area is 97.0 Å². The number of thiophene rings is 1. The minimum atomic E-state index is -0.108. The first-order valence-corrected chi connectivity index (χ1v) is 5.77. The molecule has 16 heavy (non-hydrogen) atoms. The zero-order chi connectivity index (χ0) is 11.5. The molecule has 1 saturated heterocycles. The molecule has 2 rings (SSSR count). The predicted molar refractivity (Wildman–Crippen MR) is 59.8 cm³/mol. The summed E-state index contributed by atoms with van der Waals surface area (Å²) in [6.45, 7) is 1.22. The smallest absolute Gasteiger partial charge is 0.264 e. The van der Waals surface area contributed by atoms with Crippen LogP contribution in [0.5, 0.6) is 5.75 Å². The molecule has 1 fully saturated rings. The molecule has 0 saturated carbocycles. The van der Waals surface area contributed by atoms with Crippen LogP contribution >= 0.6 is 11.3 Å². The second-order valence-electron chi connectivity index (χ2n) is 3.43. The zero-order valence-electron chi connectivity index (χ0n) is 8.86. The highest BCUT2D eigenvalue weighted by molar-refractivity contribution is 7.12. The maximum atomic E-state index is 12.0. The van der Waals surface area contributed by atoms with Crippen LogP contribution in [-0.2, 0) is 4.79 Å². The Morgan fingerprint density at radius 3 is 3.06 bits per heavy atom. The quantitative estimate of drug-likeness (QED) is 0.810. The van der Waals surface area contributed by atoms with Crippen molar-refractivity contribution in [3.8, 4) is 5.75 Å². The standard InChI is InChI=1S/C10H12N2O3S/c1-15-7-4-8(16-6-7)10(14)12-3-2-11-9(13)5-12/h4,6H,2-3,5H2,1H3,(H,11,13). The van der Waals surface area contributed by atoms with E-state index >= 15 is 0 Å². The van der Waals surface area contributed by atoms with Crippen molar-refractivity contribution in [1.29, 1.82) is 0 Å². The topological polar surface area (TPSA) is 58.6 Å². The molecule has 5 nitrogen and oxygen atoms in total. The van der Waals surface area contributed by atoms with Gasteiger partial charge < -0.3 is 15.0 Å². The average molecular weight is 240 g/mol. The van der Waals surface area contributed by atoms with Crippen molar-refractivity contribution in [2.45, 2.75) is 0 Å². The van der Waals surface area contributed by atoms with Gasteiger partial charge in [0.15, 0.2) is 0 Å². The van der Waals surface area contributed by atoms with E-state index in [1.807, 2.05) is 0 Å². The van der Waals surface area contributed by atoms with Crippen molar-refractivity contribution in [3.05, 3.63) is 16.3 Å². The third-order valence-corrected chi connectivity index (χ3v) is 3.24. The molecule has 0 radical (unpaired) electrons. The Morgan fingerprint density at radius 2 is 2.44 bits per heavy atom. The van der Waals surface area contributed by atoms with Crippen molar-refractivity contribution in [2.24, 2.45) is 0 Å². The maximum Gasteiger partial charge on any atom is 0.264 e. The number of carbonyl (C=O) groups excluding carboxylic acids is 2. The number of amides is 2. The predicted octanol–water partition coefficient (Wildman–Crippen LogP) is 0.329. The first-order chi connectivity index (χ1) is 7.70. The molecule has 0 atom stereocenters. The van der Waals surface area contributed by atoms with Crippen molar-refractivity contribution in [3.63, 3.8) is 0 Å². The first-order valence-electron chi connectivity index (χ1n) is 4.89. The summed E-state index contributed by atoms with van der Waals surface area (Å²) in [5, 5.41) is 4.46. The number of carbonyl (C=O) groups is 2. The van der Waals surface area contributed by atoms with Crippen molar-refractivity contribution < 1.29 is 14.3 Å². The number of piperazine rings is 1. The highest BCUT2D eigenvalue weighted by atomic mass is 32.1. The Bertz CT molecular complexity index is 416. The van der Waals surface area contributed by atoms with E-state index in [1.165, 1.54) is 11.3 Å². The Morgan fingerprint density at radius 1 is 1.62 bits per heavy atom. The van der Waals surface area contributed by atoms with Gasteiger partial charge in [-0.15, -0.1) is 11.3 Å². The van der Waals surface area contributed by atoms with Crippen LogP contribution < -0.4 is 10.1 Å². The Hall–Kier alpha value is -1.56. The highest BCUT2D eigenvalue weighted by Gasteiger charge is 2.23. The molecule has 1 aromatic heterocycles. The molecule has 0 bridgehead atoms. The van der Waals surface area contributed by atoms with E-state index in [2.05, 4.69) is 5.32 Å². The molecule has 6 heteroatoms. The minimum Gasteiger partial charge on any atom is -0.496 e. The minimum absolute atomic E-state index is 0.108. The van der Waals surface area contributed by atoms with Crippen molar-refractivity contribution in [1.82, 2.24) is 10.2 Å². The molecule has 0 unspecified atom stereocenters. The number of nitrogens with zero attached hydrogens (tertiary/aromatic N) is 1. The van der Waals surface area contributed by atoms with E-state index in [0.29, 0.717) is 23.7 Å². The van der Waals surface area contributed by atoms with E-state index in [0.717, 1.165) is 0 Å². The summed E-state index contributed by atoms with van der Waals surface area (Å²) in [6, 6.07) is 1.69. The largest absolute Gasteiger partial charge is 0.496 e. The van der Waals surface area contributed by atoms with Crippen molar-refractivity contribution >= 4 is 23.2 Å². The van der Waals surface area contributed by atoms with Gasteiger partial charge in [0, 0.05) is 24.5 Å². The summed E-state index contributed by atoms with van der Waals surface area (Å²) in [6.07, 6.45) is 0. The van der Waals surface area contributed by atoms with Gasteiger partial charge in [0.25, 0.3) is 5.91 Å². The SMILES string of the molecule is COc1csc(C(=O)N2CCNC(=O)C2)c1. The van der Waals surface area contributed by atoms with Gasteiger partial charge in [-0.2, -0.15) is 0 Å². The summed E-state index contributed by atoms with van der Waals surface area (Å²) >= 11 is 1.33. The second kappa shape index (κ2) is 4.52. The number of hydrogen-bond donors (Lipinski definition) is 1. The second-order valence-corrected chi connectivity index (χ2v) is 4.34. The molecule has 2 heterocycles. The number of rotatable bonds is 2. The van der Waals surface area contributed by atoms with Gasteiger partial charge in [0.1, 0.15) is 5.75 Å². The molecular weight excluding hydrogens is 228 g/mol. The fraction of sp³-hybridized carbons (Fsp3) is 0.400. The van der Waals surface area contributed by atoms with Gasteiger partial charge in [-0.25, -0.2) is 0 Å². The van der Waals surface area contributed by atoms with Gasteiger partial charge in [-0.05, 0) is 0 Å². The van der Waals surface area contributed by atoms with Crippen molar-refractivity contribution in [2.75, 3.05) is 26.7 Å². The number of methoxy groups -OCH3 is 1. The van der Waals surface area contributed by atoms with Crippen LogP contribution in [0.2, 0.25) is 0 Å². The fourth-order valence-electron chi connectivity index (χ4n) is 1.51. The van der Waals surface area contributed by atoms with Crippen LogP contribution in [0, 0.1) is 0 Å². The van der Waals surface area contributed by atoms with E-state index in [-0.39, 0.29) is 18.4 Å². The highest BCUT2D eigenvalue weighted by Crippen LogP contribution is 2.22. The molecule has 2 amide bonds. The van der Waals surface area contributed by atoms with Crippen LogP contribution in [0.3, 0.4) is 0 Å². The number of ether oxygens (including phenoxy) is 1. The zero-order valence-corrected chi connectivity index (χ0v) is 9.67. The van der Waals surface area contributed by atoms with Crippen LogP contribution in [0.25, 0.3) is 0 Å². The van der Waals surface area contributed by atoms with Gasteiger partial charge in [-0.3, -0.25) is 9.59 Å². The molecule has 1 aliphatic rings. The monoisotopic (exact) mass is 240 g/mol. The first kappa shape index (κ1) is 10.9. The summed E-state index contributed by atoms with van der Waals surface area (Å²) in [4.78, 5) is 25.3. The van der Waals surface area contributed by atoms with Gasteiger partial charge in [-0.1, -0.05) is 0 Å². The third kappa shape index (κ3) is 2.16. The van der Waals surface area contributed by atoms with E-state index in [4.69, 9.17) is 4.74 Å². The van der Waals surface area contributed by atoms with Gasteiger partial charge >= 0.3 is 0 Å². The number of hydrogen-bond acceptors (Lipinski definition) is 4. The normalized spacial score (nSPS) is 15.8. The summed E-state index contributed by atoms with van der Waals surface area (Å²) in [5.41, 5.74) is 0. The van der Waals surface area contributed by atoms with Crippen LogP contribution in [0.1, 0.15) is 9.67 Å². The van der Waals surface area contributed by atoms with E-state index in [1.54, 1.807) is 23.5 Å². The number of nitrogens with one attached hydrogen (secondary N) is 1. The summed E-state index contributed by atoms with van der Waals surface area (Å²) in [5.74, 6) is 0.459. The Kier molecular flexibility index (Phi) is 3.09. The maximum absolute atomic E-state index is 12.0. The Balaban J connectivity index is 2.09. The average Bonchev–Trinajstić information content (AvgIpc) is 2.76. The van der Waals surface area contributed by atoms with Crippen LogP contribution in [0.15, 0.2) is 11.4 Å². The molecule has 0 aromatic carbocycles. The van der Waals surface area contributed by atoms with E-state index in [9.17, 15) is 9.59 Å². The molecule has 1 aliphatic heterocycles. The lowest BCUT2D eigenvalue weighted by Gasteiger charge is -2.26. The molecule has 86 valence electrons. The molecule has 1 aromatic rings. The van der Waals surface area contributed by atoms with Gasteiger partial charge in [0.05, 0.1) is 18.5 Å². The lowest BCUT2D eigenvalue weighted by molar-refractivity contribution is -0.123. The van der Waals surface area contributed by atoms with E-state index < -0.39 is 0 Å². The summed E-state index contributed by atoms with van der Waals surface area (Å²) < 4.78 is 5.01. The lowest BCUT2D eigenvalue weighted by atomic mass is 10.3. The molecule has 0 spiro atoms. The molecular formula is C10H12N2O3S. The van der Waals surface area contributed by atoms with Gasteiger partial charge in [0.2, 0.25) is 5.91 Å². The molecule has 0 aliphatic carbocycles. The third-order valence-electron chi connectivity index (χ3n) is 2.35. The molecule has 1 N–H and O–H groups in total. The fourth-order valence-corrected chi connectivity index (χ4v) is 2.33. The lowest BCUT2D eigenvalue weighted by Crippen LogP contribution is -2.49. The van der Waals surface area contributed by atoms with Crippen LogP contribution in [0.4, 0.5) is 0 Å². The van der Waals surface area contributed by atoms with Crippen LogP contribution in [-0.4, -0.2) is 43.5 Å².